The van der Waals surface area contributed by atoms with Crippen molar-refractivity contribution in [1.82, 2.24) is 19.5 Å². The Bertz CT molecular complexity index is 630. The van der Waals surface area contributed by atoms with Gasteiger partial charge in [0.1, 0.15) is 0 Å². The number of ether oxygens (including phenoxy) is 1. The van der Waals surface area contributed by atoms with Crippen molar-refractivity contribution < 1.29 is 9.53 Å². The highest BCUT2D eigenvalue weighted by atomic mass is 79.9. The summed E-state index contributed by atoms with van der Waals surface area (Å²) in [5, 5.41) is 4.91. The van der Waals surface area contributed by atoms with Crippen LogP contribution in [0.3, 0.4) is 0 Å². The molecule has 2 aromatic rings. The fourth-order valence-corrected chi connectivity index (χ4v) is 2.74. The van der Waals surface area contributed by atoms with Gasteiger partial charge >= 0.3 is 0 Å². The second kappa shape index (κ2) is 5.49. The Morgan fingerprint density at radius 1 is 1.55 bits per heavy atom. The predicted octanol–water partition coefficient (Wildman–Crippen LogP) is 1.35. The van der Waals surface area contributed by atoms with Crippen LogP contribution in [-0.4, -0.2) is 56.0 Å². The minimum atomic E-state index is -0.0187. The van der Waals surface area contributed by atoms with Gasteiger partial charge in [0.2, 0.25) is 0 Å². The first-order valence-electron chi connectivity index (χ1n) is 6.46. The maximum Gasteiger partial charge on any atom is 0.258 e. The highest BCUT2D eigenvalue weighted by molar-refractivity contribution is 9.09. The summed E-state index contributed by atoms with van der Waals surface area (Å²) in [5.74, 6) is -0.0187. The van der Waals surface area contributed by atoms with Crippen molar-refractivity contribution in [3.05, 3.63) is 30.4 Å². The maximum atomic E-state index is 12.7. The molecule has 2 unspecified atom stereocenters. The third-order valence-electron chi connectivity index (χ3n) is 3.49. The lowest BCUT2D eigenvalue weighted by atomic mass is 10.1. The summed E-state index contributed by atoms with van der Waals surface area (Å²) in [4.78, 5) is 18.6. The molecule has 106 valence electrons. The van der Waals surface area contributed by atoms with Gasteiger partial charge in [-0.25, -0.2) is 4.52 Å². The molecule has 1 aliphatic rings. The van der Waals surface area contributed by atoms with E-state index in [1.807, 2.05) is 11.8 Å². The van der Waals surface area contributed by atoms with Gasteiger partial charge < -0.3 is 9.64 Å². The lowest BCUT2D eigenvalue weighted by molar-refractivity contribution is -0.0360. The van der Waals surface area contributed by atoms with Crippen LogP contribution in [0.5, 0.6) is 0 Å². The molecule has 1 saturated heterocycles. The molecule has 0 radical (unpaired) electrons. The summed E-state index contributed by atoms with van der Waals surface area (Å²) >= 11 is 3.41. The van der Waals surface area contributed by atoms with Crippen molar-refractivity contribution in [2.45, 2.75) is 19.1 Å². The molecule has 1 amide bonds. The molecule has 2 atom stereocenters. The van der Waals surface area contributed by atoms with Crippen molar-refractivity contribution >= 4 is 27.4 Å². The first-order chi connectivity index (χ1) is 9.70. The van der Waals surface area contributed by atoms with Crippen LogP contribution in [-0.2, 0) is 4.74 Å². The molecular formula is C13H15BrN4O2. The van der Waals surface area contributed by atoms with Gasteiger partial charge in [0.15, 0.2) is 0 Å². The molecule has 2 aromatic heterocycles. The SMILES string of the molecule is CC1COC(CBr)CN1C(=O)c1cnn2ccncc12. The Morgan fingerprint density at radius 2 is 2.40 bits per heavy atom. The fraction of sp³-hybridized carbons (Fsp3) is 0.462. The lowest BCUT2D eigenvalue weighted by Gasteiger charge is -2.37. The first-order valence-corrected chi connectivity index (χ1v) is 7.58. The third kappa shape index (κ3) is 2.31. The number of morpholine rings is 1. The number of amides is 1. The molecule has 1 fully saturated rings. The normalized spacial score (nSPS) is 23.2. The zero-order chi connectivity index (χ0) is 14.1. The van der Waals surface area contributed by atoms with Crippen molar-refractivity contribution in [3.8, 4) is 0 Å². The van der Waals surface area contributed by atoms with Gasteiger partial charge in [-0.2, -0.15) is 5.10 Å². The number of aromatic nitrogens is 3. The van der Waals surface area contributed by atoms with Gasteiger partial charge in [0, 0.05) is 24.3 Å². The van der Waals surface area contributed by atoms with E-state index >= 15 is 0 Å². The standard InChI is InChI=1S/C13H15BrN4O2/c1-9-8-20-10(4-14)7-17(9)13(19)11-5-16-18-3-2-15-6-12(11)18/h2-3,5-6,9-10H,4,7-8H2,1H3. The highest BCUT2D eigenvalue weighted by Crippen LogP contribution is 2.19. The lowest BCUT2D eigenvalue weighted by Crippen LogP contribution is -2.51. The van der Waals surface area contributed by atoms with Gasteiger partial charge in [0.25, 0.3) is 5.91 Å². The number of nitrogens with zero attached hydrogens (tertiary/aromatic N) is 4. The van der Waals surface area contributed by atoms with E-state index in [2.05, 4.69) is 26.0 Å². The average Bonchev–Trinajstić information content (AvgIpc) is 2.91. The van der Waals surface area contributed by atoms with Crippen LogP contribution in [0.4, 0.5) is 0 Å². The Labute approximate surface area is 124 Å². The molecule has 0 aromatic carbocycles. The number of carbonyl (C=O) groups is 1. The minimum Gasteiger partial charge on any atom is -0.373 e. The number of carbonyl (C=O) groups excluding carboxylic acids is 1. The Balaban J connectivity index is 1.91. The first kappa shape index (κ1) is 13.5. The summed E-state index contributed by atoms with van der Waals surface area (Å²) in [6.07, 6.45) is 6.68. The molecular weight excluding hydrogens is 324 g/mol. The zero-order valence-corrected chi connectivity index (χ0v) is 12.7. The number of hydrogen-bond donors (Lipinski definition) is 0. The van der Waals surface area contributed by atoms with E-state index in [1.54, 1.807) is 29.3 Å². The highest BCUT2D eigenvalue weighted by Gasteiger charge is 2.31. The largest absolute Gasteiger partial charge is 0.373 e. The van der Waals surface area contributed by atoms with E-state index in [0.717, 1.165) is 10.8 Å². The molecule has 0 N–H and O–H groups in total. The Kier molecular flexibility index (Phi) is 3.71. The van der Waals surface area contributed by atoms with Crippen LogP contribution in [0.15, 0.2) is 24.8 Å². The summed E-state index contributed by atoms with van der Waals surface area (Å²) in [5.41, 5.74) is 1.31. The van der Waals surface area contributed by atoms with Crippen molar-refractivity contribution in [3.63, 3.8) is 0 Å². The predicted molar refractivity (Wildman–Crippen MR) is 77.0 cm³/mol. The van der Waals surface area contributed by atoms with Crippen molar-refractivity contribution in [2.24, 2.45) is 0 Å². The van der Waals surface area contributed by atoms with Crippen LogP contribution in [0.1, 0.15) is 17.3 Å². The maximum absolute atomic E-state index is 12.7. The zero-order valence-electron chi connectivity index (χ0n) is 11.1. The van der Waals surface area contributed by atoms with Gasteiger partial charge in [-0.1, -0.05) is 15.9 Å². The second-order valence-corrected chi connectivity index (χ2v) is 5.53. The Hall–Kier alpha value is -1.47. The van der Waals surface area contributed by atoms with E-state index < -0.39 is 0 Å². The number of fused-ring (bicyclic) bond motifs is 1. The number of halogens is 1. The van der Waals surface area contributed by atoms with Crippen LogP contribution in [0.25, 0.3) is 5.52 Å². The number of alkyl halides is 1. The van der Waals surface area contributed by atoms with E-state index in [1.165, 1.54) is 0 Å². The summed E-state index contributed by atoms with van der Waals surface area (Å²) in [7, 11) is 0. The van der Waals surface area contributed by atoms with Crippen molar-refractivity contribution in [1.29, 1.82) is 0 Å². The molecule has 7 heteroatoms. The molecule has 3 rings (SSSR count). The average molecular weight is 339 g/mol. The monoisotopic (exact) mass is 338 g/mol. The minimum absolute atomic E-state index is 0.0187. The number of hydrogen-bond acceptors (Lipinski definition) is 4. The fourth-order valence-electron chi connectivity index (χ4n) is 2.35. The summed E-state index contributed by atoms with van der Waals surface area (Å²) in [6.45, 7) is 3.13. The smallest absolute Gasteiger partial charge is 0.258 e. The Morgan fingerprint density at radius 3 is 3.20 bits per heavy atom. The van der Waals surface area contributed by atoms with Crippen molar-refractivity contribution in [2.75, 3.05) is 18.5 Å². The van der Waals surface area contributed by atoms with E-state index in [9.17, 15) is 4.79 Å². The topological polar surface area (TPSA) is 59.7 Å². The van der Waals surface area contributed by atoms with Crippen LogP contribution >= 0.6 is 15.9 Å². The van der Waals surface area contributed by atoms with Crippen LogP contribution in [0.2, 0.25) is 0 Å². The summed E-state index contributed by atoms with van der Waals surface area (Å²) < 4.78 is 7.31. The third-order valence-corrected chi connectivity index (χ3v) is 4.22. The molecule has 20 heavy (non-hydrogen) atoms. The number of rotatable bonds is 2. The van der Waals surface area contributed by atoms with E-state index in [-0.39, 0.29) is 18.1 Å². The molecule has 0 saturated carbocycles. The molecule has 0 bridgehead atoms. The van der Waals surface area contributed by atoms with Gasteiger partial charge in [-0.15, -0.1) is 0 Å². The molecule has 0 spiro atoms. The molecule has 1 aliphatic heterocycles. The summed E-state index contributed by atoms with van der Waals surface area (Å²) in [6, 6.07) is 0.0596. The van der Waals surface area contributed by atoms with Gasteiger partial charge in [-0.3, -0.25) is 9.78 Å². The molecule has 0 aliphatic carbocycles. The van der Waals surface area contributed by atoms with E-state index in [0.29, 0.717) is 18.7 Å². The van der Waals surface area contributed by atoms with Crippen LogP contribution in [0, 0.1) is 0 Å². The molecule has 3 heterocycles. The van der Waals surface area contributed by atoms with Gasteiger partial charge in [-0.05, 0) is 6.92 Å². The van der Waals surface area contributed by atoms with E-state index in [4.69, 9.17) is 4.74 Å². The van der Waals surface area contributed by atoms with Crippen LogP contribution < -0.4 is 0 Å². The second-order valence-electron chi connectivity index (χ2n) is 4.88. The van der Waals surface area contributed by atoms with Gasteiger partial charge in [0.05, 0.1) is 42.2 Å². The molecule has 6 nitrogen and oxygen atoms in total. The quantitative estimate of drug-likeness (QED) is 0.775.